The first kappa shape index (κ1) is 13.0. The highest BCUT2D eigenvalue weighted by Gasteiger charge is 2.18. The van der Waals surface area contributed by atoms with Crippen molar-refractivity contribution in [3.63, 3.8) is 0 Å². The molecular weight excluding hydrogens is 234 g/mol. The molecule has 1 heterocycles. The Morgan fingerprint density at radius 1 is 1.56 bits per heavy atom. The maximum absolute atomic E-state index is 11.9. The fourth-order valence-electron chi connectivity index (χ4n) is 1.22. The fraction of sp³-hybridized carbons (Fsp3) is 0.500. The third-order valence-electron chi connectivity index (χ3n) is 2.01. The van der Waals surface area contributed by atoms with Crippen LogP contribution in [0.15, 0.2) is 16.5 Å². The van der Waals surface area contributed by atoms with Crippen LogP contribution in [-0.2, 0) is 4.74 Å². The Morgan fingerprint density at radius 3 is 2.81 bits per heavy atom. The Balaban J connectivity index is 2.66. The van der Waals surface area contributed by atoms with Crippen LogP contribution in [0, 0.1) is 0 Å². The highest BCUT2D eigenvalue weighted by Crippen LogP contribution is 2.14. The molecule has 1 aromatic heterocycles. The number of hydrogen-bond donors (Lipinski definition) is 1. The van der Waals surface area contributed by atoms with Crippen molar-refractivity contribution < 1.29 is 19.1 Å². The topological polar surface area (TPSA) is 62.9 Å². The van der Waals surface area contributed by atoms with E-state index in [-0.39, 0.29) is 30.0 Å². The molecule has 16 heavy (non-hydrogen) atoms. The van der Waals surface area contributed by atoms with Gasteiger partial charge in [0.15, 0.2) is 11.0 Å². The highest BCUT2D eigenvalue weighted by atomic mass is 35.5. The van der Waals surface area contributed by atoms with Gasteiger partial charge in [-0.2, -0.15) is 0 Å². The number of amides is 1. The number of ether oxygens (including phenoxy) is 1. The van der Waals surface area contributed by atoms with Gasteiger partial charge in [-0.05, 0) is 23.7 Å². The molecule has 1 amide bonds. The first-order valence-corrected chi connectivity index (χ1v) is 5.21. The van der Waals surface area contributed by atoms with Crippen LogP contribution in [-0.4, -0.2) is 49.3 Å². The van der Waals surface area contributed by atoms with E-state index >= 15 is 0 Å². The van der Waals surface area contributed by atoms with Crippen LogP contribution in [0.25, 0.3) is 0 Å². The maximum atomic E-state index is 11.9. The summed E-state index contributed by atoms with van der Waals surface area (Å²) in [7, 11) is 1.55. The molecule has 0 saturated heterocycles. The molecule has 0 bridgehead atoms. The molecule has 1 N–H and O–H groups in total. The van der Waals surface area contributed by atoms with E-state index in [0.29, 0.717) is 13.2 Å². The van der Waals surface area contributed by atoms with Crippen molar-refractivity contribution in [1.29, 1.82) is 0 Å². The summed E-state index contributed by atoms with van der Waals surface area (Å²) in [5, 5.41) is 9.01. The van der Waals surface area contributed by atoms with Gasteiger partial charge in [0.2, 0.25) is 0 Å². The van der Waals surface area contributed by atoms with Gasteiger partial charge >= 0.3 is 0 Å². The fourth-order valence-corrected chi connectivity index (χ4v) is 1.37. The van der Waals surface area contributed by atoms with Gasteiger partial charge in [0, 0.05) is 20.2 Å². The van der Waals surface area contributed by atoms with Gasteiger partial charge in [-0.3, -0.25) is 4.79 Å². The normalized spacial score (nSPS) is 10.4. The number of halogens is 1. The first-order valence-electron chi connectivity index (χ1n) is 4.83. The van der Waals surface area contributed by atoms with E-state index in [0.717, 1.165) is 0 Å². The summed E-state index contributed by atoms with van der Waals surface area (Å²) >= 11 is 5.58. The minimum Gasteiger partial charge on any atom is -0.440 e. The van der Waals surface area contributed by atoms with Crippen molar-refractivity contribution >= 4 is 17.5 Å². The lowest BCUT2D eigenvalue weighted by atomic mass is 10.3. The highest BCUT2D eigenvalue weighted by molar-refractivity contribution is 6.29. The molecular formula is C10H14ClNO4. The van der Waals surface area contributed by atoms with E-state index in [1.165, 1.54) is 17.0 Å². The second kappa shape index (κ2) is 6.52. The molecule has 1 rings (SSSR count). The third kappa shape index (κ3) is 3.52. The van der Waals surface area contributed by atoms with Crippen LogP contribution in [0.5, 0.6) is 0 Å². The lowest BCUT2D eigenvalue weighted by Crippen LogP contribution is -2.35. The summed E-state index contributed by atoms with van der Waals surface area (Å²) in [5.41, 5.74) is 0. The minimum atomic E-state index is -0.307. The summed E-state index contributed by atoms with van der Waals surface area (Å²) in [6, 6.07) is 3.00. The zero-order chi connectivity index (χ0) is 12.0. The Hall–Kier alpha value is -1.04. The molecule has 0 saturated carbocycles. The van der Waals surface area contributed by atoms with Crippen molar-refractivity contribution in [2.24, 2.45) is 0 Å². The smallest absolute Gasteiger partial charge is 0.289 e. The van der Waals surface area contributed by atoms with Crippen molar-refractivity contribution in [1.82, 2.24) is 4.90 Å². The number of aliphatic hydroxyl groups is 1. The second-order valence-electron chi connectivity index (χ2n) is 3.11. The minimum absolute atomic E-state index is 0.107. The number of nitrogens with zero attached hydrogens (tertiary/aromatic N) is 1. The Morgan fingerprint density at radius 2 is 2.31 bits per heavy atom. The average molecular weight is 248 g/mol. The largest absolute Gasteiger partial charge is 0.440 e. The van der Waals surface area contributed by atoms with E-state index in [4.69, 9.17) is 25.9 Å². The molecule has 0 aliphatic heterocycles. The summed E-state index contributed by atoms with van der Waals surface area (Å²) < 4.78 is 9.88. The quantitative estimate of drug-likeness (QED) is 0.815. The number of hydrogen-bond acceptors (Lipinski definition) is 4. The molecule has 0 fully saturated rings. The molecule has 0 unspecified atom stereocenters. The van der Waals surface area contributed by atoms with Gasteiger partial charge in [0.25, 0.3) is 5.91 Å². The summed E-state index contributed by atoms with van der Waals surface area (Å²) in [6.07, 6.45) is 0. The van der Waals surface area contributed by atoms with Crippen LogP contribution in [0.4, 0.5) is 0 Å². The maximum Gasteiger partial charge on any atom is 0.289 e. The molecule has 0 spiro atoms. The van der Waals surface area contributed by atoms with Gasteiger partial charge in [0.05, 0.1) is 13.2 Å². The molecule has 6 heteroatoms. The SMILES string of the molecule is COCCN(CCO)C(=O)c1ccc(Cl)o1. The second-order valence-corrected chi connectivity index (χ2v) is 3.48. The van der Waals surface area contributed by atoms with E-state index < -0.39 is 0 Å². The molecule has 5 nitrogen and oxygen atoms in total. The number of carbonyl (C=O) groups excluding carboxylic acids is 1. The number of rotatable bonds is 6. The van der Waals surface area contributed by atoms with Gasteiger partial charge in [-0.1, -0.05) is 0 Å². The summed E-state index contributed by atoms with van der Waals surface area (Å²) in [4.78, 5) is 13.3. The number of carbonyl (C=O) groups is 1. The molecule has 0 aromatic carbocycles. The molecule has 90 valence electrons. The van der Waals surface area contributed by atoms with Crippen molar-refractivity contribution in [3.05, 3.63) is 23.1 Å². The molecule has 0 atom stereocenters. The summed E-state index contributed by atoms with van der Waals surface area (Å²) in [5.74, 6) is -0.146. The van der Waals surface area contributed by atoms with E-state index in [2.05, 4.69) is 0 Å². The Labute approximate surface area is 98.5 Å². The van der Waals surface area contributed by atoms with Crippen LogP contribution < -0.4 is 0 Å². The number of methoxy groups -OCH3 is 1. The van der Waals surface area contributed by atoms with Crippen LogP contribution in [0.3, 0.4) is 0 Å². The number of aliphatic hydroxyl groups excluding tert-OH is 1. The first-order chi connectivity index (χ1) is 7.69. The lowest BCUT2D eigenvalue weighted by Gasteiger charge is -2.19. The van der Waals surface area contributed by atoms with Crippen LogP contribution in [0.1, 0.15) is 10.6 Å². The monoisotopic (exact) mass is 247 g/mol. The van der Waals surface area contributed by atoms with Crippen molar-refractivity contribution in [2.75, 3.05) is 33.4 Å². The van der Waals surface area contributed by atoms with E-state index in [1.54, 1.807) is 7.11 Å². The molecule has 1 aromatic rings. The summed E-state index contributed by atoms with van der Waals surface area (Å²) in [6.45, 7) is 0.929. The molecule has 0 aliphatic rings. The van der Waals surface area contributed by atoms with Crippen molar-refractivity contribution in [3.8, 4) is 0 Å². The molecule has 0 aliphatic carbocycles. The standard InChI is InChI=1S/C10H14ClNO4/c1-15-7-5-12(4-6-13)10(14)8-2-3-9(11)16-8/h2-3,13H,4-7H2,1H3. The lowest BCUT2D eigenvalue weighted by molar-refractivity contribution is 0.0626. The van der Waals surface area contributed by atoms with Gasteiger partial charge in [-0.15, -0.1) is 0 Å². The Bertz CT molecular complexity index is 339. The predicted molar refractivity (Wildman–Crippen MR) is 58.6 cm³/mol. The van der Waals surface area contributed by atoms with Gasteiger partial charge in [-0.25, -0.2) is 0 Å². The predicted octanol–water partition coefficient (Wildman–Crippen LogP) is 1.01. The zero-order valence-corrected chi connectivity index (χ0v) is 9.74. The van der Waals surface area contributed by atoms with E-state index in [1.807, 2.05) is 0 Å². The van der Waals surface area contributed by atoms with E-state index in [9.17, 15) is 4.79 Å². The average Bonchev–Trinajstić information content (AvgIpc) is 2.70. The number of furan rings is 1. The van der Waals surface area contributed by atoms with Crippen LogP contribution in [0.2, 0.25) is 5.22 Å². The molecule has 0 radical (unpaired) electrons. The van der Waals surface area contributed by atoms with Crippen LogP contribution >= 0.6 is 11.6 Å². The van der Waals surface area contributed by atoms with Gasteiger partial charge in [0.1, 0.15) is 0 Å². The third-order valence-corrected chi connectivity index (χ3v) is 2.21. The zero-order valence-electron chi connectivity index (χ0n) is 8.98. The Kier molecular flexibility index (Phi) is 5.31. The van der Waals surface area contributed by atoms with Gasteiger partial charge < -0.3 is 19.2 Å². The van der Waals surface area contributed by atoms with Crippen molar-refractivity contribution in [2.45, 2.75) is 0 Å².